The van der Waals surface area contributed by atoms with E-state index in [9.17, 15) is 4.79 Å². The molecule has 0 radical (unpaired) electrons. The van der Waals surface area contributed by atoms with Crippen LogP contribution in [0.5, 0.6) is 0 Å². The van der Waals surface area contributed by atoms with Gasteiger partial charge in [-0.2, -0.15) is 0 Å². The molecule has 2 aromatic rings. The van der Waals surface area contributed by atoms with Gasteiger partial charge in [0.2, 0.25) is 5.95 Å². The van der Waals surface area contributed by atoms with Crippen LogP contribution in [0.15, 0.2) is 36.7 Å². The molecule has 1 aromatic carbocycles. The molecule has 3 rings (SSSR count). The molecular formula is C18H22N4O. The number of benzene rings is 1. The summed E-state index contributed by atoms with van der Waals surface area (Å²) in [4.78, 5) is 20.3. The third-order valence-electron chi connectivity index (χ3n) is 3.83. The summed E-state index contributed by atoms with van der Waals surface area (Å²) in [6.07, 6.45) is 5.24. The summed E-state index contributed by atoms with van der Waals surface area (Å²) in [5.41, 5.74) is 2.82. The van der Waals surface area contributed by atoms with Crippen molar-refractivity contribution in [3.05, 3.63) is 47.8 Å². The molecule has 0 aliphatic heterocycles. The number of aromatic nitrogens is 2. The Balaban J connectivity index is 1.64. The lowest BCUT2D eigenvalue weighted by atomic mass is 9.87. The number of anilines is 2. The molecule has 0 unspecified atom stereocenters. The summed E-state index contributed by atoms with van der Waals surface area (Å²) in [7, 11) is 0. The van der Waals surface area contributed by atoms with Gasteiger partial charge in [0.25, 0.3) is 5.91 Å². The van der Waals surface area contributed by atoms with Gasteiger partial charge >= 0.3 is 0 Å². The molecule has 1 heterocycles. The quantitative estimate of drug-likeness (QED) is 0.908. The number of rotatable bonds is 4. The average molecular weight is 310 g/mol. The van der Waals surface area contributed by atoms with E-state index in [-0.39, 0.29) is 11.3 Å². The van der Waals surface area contributed by atoms with Gasteiger partial charge in [-0.3, -0.25) is 4.79 Å². The van der Waals surface area contributed by atoms with E-state index in [2.05, 4.69) is 53.5 Å². The first-order chi connectivity index (χ1) is 10.9. The molecular weight excluding hydrogens is 288 g/mol. The second kappa shape index (κ2) is 5.99. The second-order valence-electron chi connectivity index (χ2n) is 7.00. The average Bonchev–Trinajstić information content (AvgIpc) is 3.31. The van der Waals surface area contributed by atoms with E-state index in [0.717, 1.165) is 18.5 Å². The number of carbonyl (C=O) groups excluding carboxylic acids is 1. The van der Waals surface area contributed by atoms with Crippen molar-refractivity contribution >= 4 is 17.5 Å². The zero-order valence-electron chi connectivity index (χ0n) is 13.8. The van der Waals surface area contributed by atoms with E-state index < -0.39 is 0 Å². The third kappa shape index (κ3) is 4.06. The Morgan fingerprint density at radius 2 is 1.70 bits per heavy atom. The zero-order chi connectivity index (χ0) is 16.4. The monoisotopic (exact) mass is 310 g/mol. The summed E-state index contributed by atoms with van der Waals surface area (Å²) >= 11 is 0. The van der Waals surface area contributed by atoms with Crippen molar-refractivity contribution in [2.24, 2.45) is 0 Å². The fourth-order valence-corrected chi connectivity index (χ4v) is 2.19. The molecule has 0 saturated heterocycles. The van der Waals surface area contributed by atoms with Crippen LogP contribution in [0.4, 0.5) is 11.6 Å². The summed E-state index contributed by atoms with van der Waals surface area (Å²) < 4.78 is 0. The molecule has 1 aliphatic carbocycles. The Morgan fingerprint density at radius 3 is 2.22 bits per heavy atom. The number of nitrogens with one attached hydrogen (secondary N) is 2. The lowest BCUT2D eigenvalue weighted by molar-refractivity contribution is 0.0950. The van der Waals surface area contributed by atoms with Gasteiger partial charge in [0.05, 0.1) is 5.56 Å². The van der Waals surface area contributed by atoms with Crippen LogP contribution in [-0.2, 0) is 5.41 Å². The van der Waals surface area contributed by atoms with E-state index >= 15 is 0 Å². The molecule has 0 atom stereocenters. The zero-order valence-corrected chi connectivity index (χ0v) is 13.8. The number of carbonyl (C=O) groups is 1. The Labute approximate surface area is 136 Å². The van der Waals surface area contributed by atoms with Gasteiger partial charge in [-0.25, -0.2) is 9.97 Å². The van der Waals surface area contributed by atoms with Crippen LogP contribution < -0.4 is 10.6 Å². The van der Waals surface area contributed by atoms with Crippen LogP contribution >= 0.6 is 0 Å². The number of amides is 1. The highest BCUT2D eigenvalue weighted by atomic mass is 16.1. The van der Waals surface area contributed by atoms with Crippen LogP contribution in [0.3, 0.4) is 0 Å². The van der Waals surface area contributed by atoms with E-state index in [4.69, 9.17) is 0 Å². The highest BCUT2D eigenvalue weighted by molar-refractivity contribution is 5.94. The molecule has 0 spiro atoms. The fraction of sp³-hybridized carbons (Fsp3) is 0.389. The summed E-state index contributed by atoms with van der Waals surface area (Å²) in [6, 6.07) is 8.55. The predicted octanol–water partition coefficient (Wildman–Crippen LogP) is 3.41. The maximum Gasteiger partial charge on any atom is 0.254 e. The Hall–Kier alpha value is -2.43. The highest BCUT2D eigenvalue weighted by Gasteiger charge is 2.24. The van der Waals surface area contributed by atoms with E-state index in [0.29, 0.717) is 17.6 Å². The lowest BCUT2D eigenvalue weighted by Gasteiger charge is -2.19. The van der Waals surface area contributed by atoms with Crippen molar-refractivity contribution in [2.75, 3.05) is 5.32 Å². The van der Waals surface area contributed by atoms with Crippen molar-refractivity contribution in [3.8, 4) is 0 Å². The second-order valence-corrected chi connectivity index (χ2v) is 7.00. The van der Waals surface area contributed by atoms with Gasteiger partial charge in [0, 0.05) is 24.1 Å². The predicted molar refractivity (Wildman–Crippen MR) is 90.9 cm³/mol. The first-order valence-corrected chi connectivity index (χ1v) is 7.92. The molecule has 5 nitrogen and oxygen atoms in total. The standard InChI is InChI=1S/C18H22N4O/c1-18(2,3)13-4-6-15(7-5-13)22-17-19-10-12(11-20-17)16(23)21-14-8-9-14/h4-7,10-11,14H,8-9H2,1-3H3,(H,21,23)(H,19,20,22). The van der Waals surface area contributed by atoms with Crippen molar-refractivity contribution in [1.29, 1.82) is 0 Å². The van der Waals surface area contributed by atoms with Crippen molar-refractivity contribution in [2.45, 2.75) is 45.1 Å². The highest BCUT2D eigenvalue weighted by Crippen LogP contribution is 2.24. The number of hydrogen-bond donors (Lipinski definition) is 2. The first-order valence-electron chi connectivity index (χ1n) is 7.92. The topological polar surface area (TPSA) is 66.9 Å². The molecule has 1 saturated carbocycles. The van der Waals surface area contributed by atoms with Crippen molar-refractivity contribution in [1.82, 2.24) is 15.3 Å². The first kappa shape index (κ1) is 15.5. The van der Waals surface area contributed by atoms with Crippen LogP contribution in [0.1, 0.15) is 49.5 Å². The Morgan fingerprint density at radius 1 is 1.09 bits per heavy atom. The number of nitrogens with zero attached hydrogens (tertiary/aromatic N) is 2. The van der Waals surface area contributed by atoms with E-state index in [1.165, 1.54) is 5.56 Å². The Bertz CT molecular complexity index is 682. The molecule has 1 aromatic heterocycles. The third-order valence-corrected chi connectivity index (χ3v) is 3.83. The lowest BCUT2D eigenvalue weighted by Crippen LogP contribution is -2.25. The Kier molecular flexibility index (Phi) is 4.03. The maximum absolute atomic E-state index is 11.9. The van der Waals surface area contributed by atoms with Crippen LogP contribution in [0.2, 0.25) is 0 Å². The number of hydrogen-bond acceptors (Lipinski definition) is 4. The molecule has 23 heavy (non-hydrogen) atoms. The molecule has 1 fully saturated rings. The van der Waals surface area contributed by atoms with E-state index in [1.54, 1.807) is 12.4 Å². The summed E-state index contributed by atoms with van der Waals surface area (Å²) in [6.45, 7) is 6.55. The van der Waals surface area contributed by atoms with Gasteiger partial charge in [-0.05, 0) is 36.0 Å². The molecule has 1 aliphatic rings. The SMILES string of the molecule is CC(C)(C)c1ccc(Nc2ncc(C(=O)NC3CC3)cn2)cc1. The van der Waals surface area contributed by atoms with Crippen LogP contribution in [-0.4, -0.2) is 21.9 Å². The van der Waals surface area contributed by atoms with Crippen LogP contribution in [0, 0.1) is 0 Å². The molecule has 0 bridgehead atoms. The van der Waals surface area contributed by atoms with Gasteiger partial charge in [-0.1, -0.05) is 32.9 Å². The normalized spacial score (nSPS) is 14.4. The van der Waals surface area contributed by atoms with Crippen LogP contribution in [0.25, 0.3) is 0 Å². The smallest absolute Gasteiger partial charge is 0.254 e. The maximum atomic E-state index is 11.9. The van der Waals surface area contributed by atoms with E-state index in [1.807, 2.05) is 12.1 Å². The molecule has 5 heteroatoms. The van der Waals surface area contributed by atoms with Gasteiger partial charge < -0.3 is 10.6 Å². The fourth-order valence-electron chi connectivity index (χ4n) is 2.19. The minimum atomic E-state index is -0.103. The van der Waals surface area contributed by atoms with Crippen molar-refractivity contribution < 1.29 is 4.79 Å². The molecule has 120 valence electrons. The van der Waals surface area contributed by atoms with Gasteiger partial charge in [0.1, 0.15) is 0 Å². The largest absolute Gasteiger partial charge is 0.349 e. The minimum Gasteiger partial charge on any atom is -0.349 e. The van der Waals surface area contributed by atoms with Crippen molar-refractivity contribution in [3.63, 3.8) is 0 Å². The van der Waals surface area contributed by atoms with Gasteiger partial charge in [-0.15, -0.1) is 0 Å². The molecule has 2 N–H and O–H groups in total. The molecule has 1 amide bonds. The van der Waals surface area contributed by atoms with Gasteiger partial charge in [0.15, 0.2) is 0 Å². The summed E-state index contributed by atoms with van der Waals surface area (Å²) in [5, 5.41) is 6.07. The summed E-state index contributed by atoms with van der Waals surface area (Å²) in [5.74, 6) is 0.380. The minimum absolute atomic E-state index is 0.103.